The number of sulfonamides is 1. The first-order chi connectivity index (χ1) is 11.7. The molecule has 7 nitrogen and oxygen atoms in total. The van der Waals surface area contributed by atoms with Crippen LogP contribution in [0.1, 0.15) is 11.1 Å². The molecule has 0 aromatic heterocycles. The summed E-state index contributed by atoms with van der Waals surface area (Å²) in [5.74, 6) is -1.96. The first kappa shape index (κ1) is 21.7. The number of rotatable bonds is 4. The van der Waals surface area contributed by atoms with Gasteiger partial charge in [0.2, 0.25) is 10.0 Å². The van der Waals surface area contributed by atoms with E-state index >= 15 is 0 Å². The van der Waals surface area contributed by atoms with Crippen molar-refractivity contribution in [2.24, 2.45) is 0 Å². The van der Waals surface area contributed by atoms with Gasteiger partial charge in [0.1, 0.15) is 0 Å². The zero-order chi connectivity index (χ0) is 19.9. The molecule has 1 aromatic carbocycles. The second-order valence-electron chi connectivity index (χ2n) is 6.15. The quantitative estimate of drug-likeness (QED) is 0.653. The number of sulfone groups is 1. The molecule has 1 saturated heterocycles. The predicted octanol–water partition coefficient (Wildman–Crippen LogP) is 1.23. The SMILES string of the molecule is Cc1ccc(S(=O)(=O)N[C@@H]2CS(=O)(=O)C[C@@H]2NC(=O)C(Cl)(Cl)Cl)c(C)c1. The number of carbonyl (C=O) groups is 1. The van der Waals surface area contributed by atoms with E-state index in [-0.39, 0.29) is 4.90 Å². The lowest BCUT2D eigenvalue weighted by Gasteiger charge is -2.23. The van der Waals surface area contributed by atoms with Crippen LogP contribution in [0.3, 0.4) is 0 Å². The van der Waals surface area contributed by atoms with E-state index in [9.17, 15) is 21.6 Å². The maximum atomic E-state index is 12.7. The summed E-state index contributed by atoms with van der Waals surface area (Å²) in [4.78, 5) is 11.9. The van der Waals surface area contributed by atoms with Crippen molar-refractivity contribution in [3.63, 3.8) is 0 Å². The molecule has 146 valence electrons. The molecule has 2 rings (SSSR count). The van der Waals surface area contributed by atoms with Crippen molar-refractivity contribution >= 4 is 60.6 Å². The van der Waals surface area contributed by atoms with E-state index in [0.29, 0.717) is 5.56 Å². The number of hydrogen-bond acceptors (Lipinski definition) is 5. The summed E-state index contributed by atoms with van der Waals surface area (Å²) < 4.78 is 49.2. The number of carbonyl (C=O) groups excluding carboxylic acids is 1. The van der Waals surface area contributed by atoms with E-state index in [0.717, 1.165) is 5.56 Å². The predicted molar refractivity (Wildman–Crippen MR) is 101 cm³/mol. The molecule has 1 fully saturated rings. The highest BCUT2D eigenvalue weighted by Gasteiger charge is 2.43. The Hall–Kier alpha value is -0.580. The van der Waals surface area contributed by atoms with Crippen LogP contribution in [0.2, 0.25) is 0 Å². The van der Waals surface area contributed by atoms with Gasteiger partial charge in [0, 0.05) is 0 Å². The summed E-state index contributed by atoms with van der Waals surface area (Å²) in [5.41, 5.74) is 1.40. The van der Waals surface area contributed by atoms with Gasteiger partial charge in [-0.15, -0.1) is 0 Å². The lowest BCUT2D eigenvalue weighted by atomic mass is 10.2. The second-order valence-corrected chi connectivity index (χ2v) is 12.3. The molecule has 1 amide bonds. The van der Waals surface area contributed by atoms with Crippen molar-refractivity contribution in [2.45, 2.75) is 34.6 Å². The Bertz CT molecular complexity index is 926. The number of aryl methyl sites for hydroxylation is 2. The normalized spacial score (nSPS) is 23.0. The molecule has 0 spiro atoms. The zero-order valence-corrected chi connectivity index (χ0v) is 17.7. The molecule has 12 heteroatoms. The minimum absolute atomic E-state index is 0.0267. The minimum Gasteiger partial charge on any atom is -0.347 e. The van der Waals surface area contributed by atoms with Crippen LogP contribution >= 0.6 is 34.8 Å². The molecule has 1 aromatic rings. The van der Waals surface area contributed by atoms with Gasteiger partial charge in [0.15, 0.2) is 9.84 Å². The van der Waals surface area contributed by atoms with Gasteiger partial charge in [-0.25, -0.2) is 21.6 Å². The van der Waals surface area contributed by atoms with Gasteiger partial charge in [-0.1, -0.05) is 52.5 Å². The number of hydrogen-bond donors (Lipinski definition) is 2. The highest BCUT2D eigenvalue weighted by Crippen LogP contribution is 2.27. The van der Waals surface area contributed by atoms with Gasteiger partial charge in [-0.2, -0.15) is 0 Å². The van der Waals surface area contributed by atoms with Crippen LogP contribution in [0.25, 0.3) is 0 Å². The summed E-state index contributed by atoms with van der Waals surface area (Å²) in [6.07, 6.45) is 0. The van der Waals surface area contributed by atoms with Crippen molar-refractivity contribution < 1.29 is 21.6 Å². The van der Waals surface area contributed by atoms with Crippen LogP contribution in [-0.2, 0) is 24.7 Å². The Morgan fingerprint density at radius 3 is 2.27 bits per heavy atom. The van der Waals surface area contributed by atoms with E-state index in [4.69, 9.17) is 34.8 Å². The average Bonchev–Trinajstić information content (AvgIpc) is 2.70. The number of alkyl halides is 3. The lowest BCUT2D eigenvalue weighted by molar-refractivity contribution is -0.120. The van der Waals surface area contributed by atoms with E-state index in [1.54, 1.807) is 19.1 Å². The third kappa shape index (κ3) is 5.24. The van der Waals surface area contributed by atoms with Crippen molar-refractivity contribution in [3.05, 3.63) is 29.3 Å². The fourth-order valence-corrected chi connectivity index (χ4v) is 6.35. The highest BCUT2D eigenvalue weighted by molar-refractivity contribution is 7.92. The van der Waals surface area contributed by atoms with Gasteiger partial charge < -0.3 is 5.32 Å². The molecule has 1 heterocycles. The molecule has 2 atom stereocenters. The monoisotopic (exact) mass is 462 g/mol. The Morgan fingerprint density at radius 1 is 1.15 bits per heavy atom. The molecule has 0 bridgehead atoms. The van der Waals surface area contributed by atoms with E-state index in [1.807, 2.05) is 6.92 Å². The topological polar surface area (TPSA) is 109 Å². The molecular weight excluding hydrogens is 447 g/mol. The minimum atomic E-state index is -4.01. The summed E-state index contributed by atoms with van der Waals surface area (Å²) >= 11 is 16.4. The van der Waals surface area contributed by atoms with Crippen LogP contribution in [0, 0.1) is 13.8 Å². The Labute approximate surface area is 167 Å². The first-order valence-electron chi connectivity index (χ1n) is 7.39. The summed E-state index contributed by atoms with van der Waals surface area (Å²) in [6.45, 7) is 3.46. The molecule has 0 saturated carbocycles. The molecular formula is C14H17Cl3N2O5S2. The maximum absolute atomic E-state index is 12.7. The Kier molecular flexibility index (Phi) is 6.22. The van der Waals surface area contributed by atoms with Crippen LogP contribution < -0.4 is 10.0 Å². The molecule has 26 heavy (non-hydrogen) atoms. The number of halogens is 3. The summed E-state index contributed by atoms with van der Waals surface area (Å²) in [6, 6.07) is 2.63. The van der Waals surface area contributed by atoms with E-state index < -0.39 is 53.1 Å². The number of amides is 1. The molecule has 2 N–H and O–H groups in total. The number of nitrogens with one attached hydrogen (secondary N) is 2. The maximum Gasteiger partial charge on any atom is 0.272 e. The largest absolute Gasteiger partial charge is 0.347 e. The fourth-order valence-electron chi connectivity index (χ4n) is 2.72. The molecule has 1 aliphatic heterocycles. The van der Waals surface area contributed by atoms with Crippen molar-refractivity contribution in [1.29, 1.82) is 0 Å². The second kappa shape index (κ2) is 7.44. The van der Waals surface area contributed by atoms with Crippen LogP contribution in [0.4, 0.5) is 0 Å². The van der Waals surface area contributed by atoms with Crippen molar-refractivity contribution in [2.75, 3.05) is 11.5 Å². The van der Waals surface area contributed by atoms with Gasteiger partial charge in [-0.3, -0.25) is 4.79 Å². The van der Waals surface area contributed by atoms with E-state index in [1.165, 1.54) is 6.07 Å². The third-order valence-corrected chi connectivity index (χ3v) is 7.75. The lowest BCUT2D eigenvalue weighted by Crippen LogP contribution is -2.53. The van der Waals surface area contributed by atoms with Gasteiger partial charge >= 0.3 is 0 Å². The molecule has 0 radical (unpaired) electrons. The van der Waals surface area contributed by atoms with Crippen molar-refractivity contribution in [3.8, 4) is 0 Å². The Balaban J connectivity index is 2.28. The Morgan fingerprint density at radius 2 is 1.73 bits per heavy atom. The molecule has 1 aliphatic rings. The van der Waals surface area contributed by atoms with Gasteiger partial charge in [-0.05, 0) is 25.5 Å². The van der Waals surface area contributed by atoms with Crippen molar-refractivity contribution in [1.82, 2.24) is 10.0 Å². The van der Waals surface area contributed by atoms with Gasteiger partial charge in [0.25, 0.3) is 9.70 Å². The fraction of sp³-hybridized carbons (Fsp3) is 0.500. The first-order valence-corrected chi connectivity index (χ1v) is 11.8. The zero-order valence-electron chi connectivity index (χ0n) is 13.8. The van der Waals surface area contributed by atoms with Gasteiger partial charge in [0.05, 0.1) is 28.5 Å². The van der Waals surface area contributed by atoms with Crippen LogP contribution in [-0.4, -0.2) is 50.1 Å². The van der Waals surface area contributed by atoms with E-state index in [2.05, 4.69) is 10.0 Å². The highest BCUT2D eigenvalue weighted by atomic mass is 35.6. The summed E-state index contributed by atoms with van der Waals surface area (Å²) in [5, 5.41) is 2.28. The molecule has 0 aliphatic carbocycles. The van der Waals surface area contributed by atoms with Crippen LogP contribution in [0.15, 0.2) is 23.1 Å². The smallest absolute Gasteiger partial charge is 0.272 e. The third-order valence-electron chi connectivity index (χ3n) is 3.85. The number of benzene rings is 1. The standard InChI is InChI=1S/C14H17Cl3N2O5S2/c1-8-3-4-12(9(2)5-8)26(23,24)19-11-7-25(21,22)6-10(11)18-13(20)14(15,16)17/h3-5,10-11,19H,6-7H2,1-2H3,(H,18,20)/t10-,11+/m0/s1. The molecule has 0 unspecified atom stereocenters. The summed E-state index contributed by atoms with van der Waals surface area (Å²) in [7, 11) is -7.59. The average molecular weight is 464 g/mol. The van der Waals surface area contributed by atoms with Crippen LogP contribution in [0.5, 0.6) is 0 Å².